The molecule has 1 aromatic carbocycles. The second-order valence-corrected chi connectivity index (χ2v) is 4.95. The van der Waals surface area contributed by atoms with Crippen LogP contribution in [0.5, 0.6) is 5.75 Å². The summed E-state index contributed by atoms with van der Waals surface area (Å²) in [5, 5.41) is 4.65. The van der Waals surface area contributed by atoms with Gasteiger partial charge in [0.05, 0.1) is 12.1 Å². The lowest BCUT2D eigenvalue weighted by atomic mass is 10.1. The SMILES string of the molecule is CCCNc1cc(CCC)nc2ccc(OCC)cc12. The summed E-state index contributed by atoms with van der Waals surface area (Å²) in [6.45, 7) is 8.02. The number of rotatable bonds is 7. The molecule has 0 saturated carbocycles. The summed E-state index contributed by atoms with van der Waals surface area (Å²) in [7, 11) is 0. The monoisotopic (exact) mass is 272 g/mol. The van der Waals surface area contributed by atoms with Crippen LogP contribution in [0.1, 0.15) is 39.3 Å². The van der Waals surface area contributed by atoms with E-state index in [1.54, 1.807) is 0 Å². The van der Waals surface area contributed by atoms with Gasteiger partial charge in [-0.2, -0.15) is 0 Å². The molecule has 0 fully saturated rings. The number of fused-ring (bicyclic) bond motifs is 1. The highest BCUT2D eigenvalue weighted by Crippen LogP contribution is 2.28. The summed E-state index contributed by atoms with van der Waals surface area (Å²) in [5.74, 6) is 0.907. The summed E-state index contributed by atoms with van der Waals surface area (Å²) in [4.78, 5) is 4.74. The number of aromatic nitrogens is 1. The largest absolute Gasteiger partial charge is 0.494 e. The van der Waals surface area contributed by atoms with Crippen LogP contribution in [-0.2, 0) is 6.42 Å². The highest BCUT2D eigenvalue weighted by Gasteiger charge is 2.07. The molecule has 0 aliphatic heterocycles. The van der Waals surface area contributed by atoms with E-state index in [0.29, 0.717) is 6.61 Å². The molecule has 0 aliphatic carbocycles. The lowest BCUT2D eigenvalue weighted by molar-refractivity contribution is 0.340. The van der Waals surface area contributed by atoms with E-state index < -0.39 is 0 Å². The topological polar surface area (TPSA) is 34.2 Å². The van der Waals surface area contributed by atoms with Gasteiger partial charge in [0.15, 0.2) is 0 Å². The van der Waals surface area contributed by atoms with Crippen molar-refractivity contribution in [3.05, 3.63) is 30.0 Å². The van der Waals surface area contributed by atoms with Crippen LogP contribution in [0.25, 0.3) is 10.9 Å². The van der Waals surface area contributed by atoms with E-state index in [1.165, 1.54) is 5.69 Å². The molecule has 2 aromatic rings. The average molecular weight is 272 g/mol. The van der Waals surface area contributed by atoms with Gasteiger partial charge < -0.3 is 10.1 Å². The third-order valence-electron chi connectivity index (χ3n) is 3.22. The number of aryl methyl sites for hydroxylation is 1. The maximum atomic E-state index is 5.60. The zero-order valence-corrected chi connectivity index (χ0v) is 12.7. The molecule has 0 unspecified atom stereocenters. The van der Waals surface area contributed by atoms with Crippen molar-refractivity contribution >= 4 is 16.6 Å². The minimum absolute atomic E-state index is 0.685. The van der Waals surface area contributed by atoms with Crippen LogP contribution in [0.2, 0.25) is 0 Å². The van der Waals surface area contributed by atoms with Gasteiger partial charge in [-0.1, -0.05) is 20.3 Å². The summed E-state index contributed by atoms with van der Waals surface area (Å²) >= 11 is 0. The number of nitrogens with one attached hydrogen (secondary N) is 1. The molecule has 108 valence electrons. The van der Waals surface area contributed by atoms with Gasteiger partial charge in [-0.05, 0) is 44.0 Å². The van der Waals surface area contributed by atoms with E-state index in [9.17, 15) is 0 Å². The Morgan fingerprint density at radius 1 is 1.10 bits per heavy atom. The molecule has 20 heavy (non-hydrogen) atoms. The van der Waals surface area contributed by atoms with Crippen LogP contribution >= 0.6 is 0 Å². The number of anilines is 1. The first-order chi connectivity index (χ1) is 9.78. The fourth-order valence-corrected chi connectivity index (χ4v) is 2.31. The van der Waals surface area contributed by atoms with Crippen molar-refractivity contribution in [3.8, 4) is 5.75 Å². The van der Waals surface area contributed by atoms with Gasteiger partial charge >= 0.3 is 0 Å². The summed E-state index contributed by atoms with van der Waals surface area (Å²) < 4.78 is 5.60. The highest BCUT2D eigenvalue weighted by molar-refractivity contribution is 5.92. The van der Waals surface area contributed by atoms with Crippen LogP contribution in [0.15, 0.2) is 24.3 Å². The molecule has 3 nitrogen and oxygen atoms in total. The Morgan fingerprint density at radius 2 is 1.95 bits per heavy atom. The molecule has 0 spiro atoms. The Labute approximate surface area is 121 Å². The zero-order valence-electron chi connectivity index (χ0n) is 12.7. The minimum Gasteiger partial charge on any atom is -0.494 e. The third-order valence-corrected chi connectivity index (χ3v) is 3.22. The maximum Gasteiger partial charge on any atom is 0.120 e. The minimum atomic E-state index is 0.685. The first kappa shape index (κ1) is 14.6. The summed E-state index contributed by atoms with van der Waals surface area (Å²) in [5.41, 5.74) is 3.36. The van der Waals surface area contributed by atoms with Gasteiger partial charge in [0.1, 0.15) is 5.75 Å². The molecule has 1 N–H and O–H groups in total. The standard InChI is InChI=1S/C17H24N2O/c1-4-7-13-11-17(18-10-5-2)15-12-14(20-6-3)8-9-16(15)19-13/h8-9,11-12H,4-7,10H2,1-3H3,(H,18,19). The number of hydrogen-bond acceptors (Lipinski definition) is 3. The van der Waals surface area contributed by atoms with Crippen LogP contribution in [0, 0.1) is 0 Å². The number of hydrogen-bond donors (Lipinski definition) is 1. The maximum absolute atomic E-state index is 5.60. The van der Waals surface area contributed by atoms with Crippen molar-refractivity contribution in [1.29, 1.82) is 0 Å². The van der Waals surface area contributed by atoms with Crippen LogP contribution in [0.4, 0.5) is 5.69 Å². The highest BCUT2D eigenvalue weighted by atomic mass is 16.5. The van der Waals surface area contributed by atoms with E-state index in [2.05, 4.69) is 37.4 Å². The first-order valence-electron chi connectivity index (χ1n) is 7.58. The van der Waals surface area contributed by atoms with Crippen LogP contribution in [0.3, 0.4) is 0 Å². The van der Waals surface area contributed by atoms with E-state index in [4.69, 9.17) is 9.72 Å². The van der Waals surface area contributed by atoms with Gasteiger partial charge in [0.2, 0.25) is 0 Å². The molecular formula is C17H24N2O. The first-order valence-corrected chi connectivity index (χ1v) is 7.58. The van der Waals surface area contributed by atoms with Crippen molar-refractivity contribution in [1.82, 2.24) is 4.98 Å². The van der Waals surface area contributed by atoms with Gasteiger partial charge in [-0.15, -0.1) is 0 Å². The smallest absolute Gasteiger partial charge is 0.120 e. The quantitative estimate of drug-likeness (QED) is 0.810. The second kappa shape index (κ2) is 7.13. The Hall–Kier alpha value is -1.77. The fourth-order valence-electron chi connectivity index (χ4n) is 2.31. The summed E-state index contributed by atoms with van der Waals surface area (Å²) in [6.07, 6.45) is 3.24. The molecule has 0 bridgehead atoms. The lowest BCUT2D eigenvalue weighted by Crippen LogP contribution is -2.03. The lowest BCUT2D eigenvalue weighted by Gasteiger charge is -2.12. The normalized spacial score (nSPS) is 10.8. The molecule has 1 aromatic heterocycles. The predicted octanol–water partition coefficient (Wildman–Crippen LogP) is 4.41. The van der Waals surface area contributed by atoms with E-state index in [-0.39, 0.29) is 0 Å². The molecular weight excluding hydrogens is 248 g/mol. The van der Waals surface area contributed by atoms with Gasteiger partial charge in [-0.3, -0.25) is 4.98 Å². The Morgan fingerprint density at radius 3 is 2.65 bits per heavy atom. The molecule has 0 aliphatic rings. The van der Waals surface area contributed by atoms with Crippen molar-refractivity contribution < 1.29 is 4.74 Å². The zero-order chi connectivity index (χ0) is 14.4. The van der Waals surface area contributed by atoms with Gasteiger partial charge in [0, 0.05) is 23.3 Å². The number of benzene rings is 1. The molecule has 3 heteroatoms. The Bertz CT molecular complexity index is 566. The fraction of sp³-hybridized carbons (Fsp3) is 0.471. The number of nitrogens with zero attached hydrogens (tertiary/aromatic N) is 1. The summed E-state index contributed by atoms with van der Waals surface area (Å²) in [6, 6.07) is 8.31. The Kier molecular flexibility index (Phi) is 5.22. The average Bonchev–Trinajstić information content (AvgIpc) is 2.46. The third kappa shape index (κ3) is 3.41. The molecule has 0 amide bonds. The Balaban J connectivity index is 2.46. The molecule has 1 heterocycles. The second-order valence-electron chi connectivity index (χ2n) is 4.95. The number of pyridine rings is 1. The van der Waals surface area contributed by atoms with E-state index in [1.807, 2.05) is 13.0 Å². The predicted molar refractivity (Wildman–Crippen MR) is 85.7 cm³/mol. The molecule has 0 saturated heterocycles. The van der Waals surface area contributed by atoms with Gasteiger partial charge in [-0.25, -0.2) is 0 Å². The van der Waals surface area contributed by atoms with Crippen molar-refractivity contribution in [2.45, 2.75) is 40.0 Å². The molecule has 2 rings (SSSR count). The van der Waals surface area contributed by atoms with E-state index >= 15 is 0 Å². The van der Waals surface area contributed by atoms with Crippen LogP contribution < -0.4 is 10.1 Å². The van der Waals surface area contributed by atoms with Crippen molar-refractivity contribution in [2.24, 2.45) is 0 Å². The number of ether oxygens (including phenoxy) is 1. The molecule has 0 atom stereocenters. The van der Waals surface area contributed by atoms with Crippen molar-refractivity contribution in [3.63, 3.8) is 0 Å². The van der Waals surface area contributed by atoms with E-state index in [0.717, 1.165) is 48.2 Å². The van der Waals surface area contributed by atoms with Crippen molar-refractivity contribution in [2.75, 3.05) is 18.5 Å². The van der Waals surface area contributed by atoms with Gasteiger partial charge in [0.25, 0.3) is 0 Å². The molecule has 0 radical (unpaired) electrons. The van der Waals surface area contributed by atoms with Crippen LogP contribution in [-0.4, -0.2) is 18.1 Å².